The molecule has 0 fully saturated rings. The van der Waals surface area contributed by atoms with Gasteiger partial charge < -0.3 is 9.88 Å². The van der Waals surface area contributed by atoms with E-state index in [1.165, 1.54) is 17.6 Å². The van der Waals surface area contributed by atoms with Crippen LogP contribution >= 0.6 is 0 Å². The predicted molar refractivity (Wildman–Crippen MR) is 105 cm³/mol. The zero-order valence-electron chi connectivity index (χ0n) is 15.2. The molecule has 1 N–H and O–H groups in total. The summed E-state index contributed by atoms with van der Waals surface area (Å²) in [7, 11) is 0. The number of hydrogen-bond donors (Lipinski definition) is 1. The van der Waals surface area contributed by atoms with Crippen molar-refractivity contribution in [2.24, 2.45) is 0 Å². The normalized spacial score (nSPS) is 10.4. The van der Waals surface area contributed by atoms with Gasteiger partial charge >= 0.3 is 0 Å². The maximum Gasteiger partial charge on any atom is 0.263 e. The molecule has 0 saturated carbocycles. The maximum absolute atomic E-state index is 12.7. The van der Waals surface area contributed by atoms with Crippen molar-refractivity contribution in [2.45, 2.75) is 20.4 Å². The van der Waals surface area contributed by atoms with E-state index in [4.69, 9.17) is 0 Å². The van der Waals surface area contributed by atoms with Crippen molar-refractivity contribution < 1.29 is 9.59 Å². The van der Waals surface area contributed by atoms with E-state index in [0.717, 1.165) is 11.1 Å². The van der Waals surface area contributed by atoms with Crippen molar-refractivity contribution in [3.05, 3.63) is 99.5 Å². The number of carbonyl (C=O) groups excluding carboxylic acids is 2. The molecule has 0 bridgehead atoms. The zero-order chi connectivity index (χ0) is 19.4. The highest BCUT2D eigenvalue weighted by Gasteiger charge is 2.13. The lowest BCUT2D eigenvalue weighted by atomic mass is 10.1. The number of Topliss-reactive ketones (excluding diaryl/α,β-unsaturated/α-hetero) is 1. The molecule has 136 valence electrons. The van der Waals surface area contributed by atoms with Gasteiger partial charge in [0.1, 0.15) is 5.56 Å². The monoisotopic (exact) mass is 360 g/mol. The lowest BCUT2D eigenvalue weighted by Gasteiger charge is -2.10. The lowest BCUT2D eigenvalue weighted by molar-refractivity contribution is 0.101. The molecule has 1 heterocycles. The molecule has 1 amide bonds. The summed E-state index contributed by atoms with van der Waals surface area (Å²) in [6.45, 7) is 3.84. The first-order valence-electron chi connectivity index (χ1n) is 8.61. The predicted octanol–water partition coefficient (Wildman–Crippen LogP) is 3.66. The fourth-order valence-electron chi connectivity index (χ4n) is 2.86. The van der Waals surface area contributed by atoms with Gasteiger partial charge in [0.25, 0.3) is 11.5 Å². The molecular formula is C22H20N2O3. The molecular weight excluding hydrogens is 340 g/mol. The number of aromatic nitrogens is 1. The van der Waals surface area contributed by atoms with E-state index in [9.17, 15) is 14.4 Å². The van der Waals surface area contributed by atoms with Crippen LogP contribution in [0, 0.1) is 6.92 Å². The number of carbonyl (C=O) groups is 2. The topological polar surface area (TPSA) is 68.2 Å². The molecule has 0 spiro atoms. The van der Waals surface area contributed by atoms with Gasteiger partial charge in [0.2, 0.25) is 0 Å². The smallest absolute Gasteiger partial charge is 0.263 e. The average Bonchev–Trinajstić information content (AvgIpc) is 2.63. The molecule has 5 heteroatoms. The van der Waals surface area contributed by atoms with E-state index in [0.29, 0.717) is 17.8 Å². The number of rotatable bonds is 5. The Morgan fingerprint density at radius 1 is 1.00 bits per heavy atom. The third-order valence-corrected chi connectivity index (χ3v) is 4.23. The van der Waals surface area contributed by atoms with Crippen LogP contribution in [0.3, 0.4) is 0 Å². The van der Waals surface area contributed by atoms with E-state index in [1.54, 1.807) is 36.5 Å². The van der Waals surface area contributed by atoms with E-state index < -0.39 is 5.91 Å². The number of anilines is 1. The summed E-state index contributed by atoms with van der Waals surface area (Å²) in [5.74, 6) is -0.592. The highest BCUT2D eigenvalue weighted by Crippen LogP contribution is 2.12. The first-order chi connectivity index (χ1) is 12.9. The molecule has 0 aliphatic heterocycles. The van der Waals surface area contributed by atoms with Gasteiger partial charge in [0, 0.05) is 17.4 Å². The lowest BCUT2D eigenvalue weighted by Crippen LogP contribution is -2.29. The van der Waals surface area contributed by atoms with E-state index >= 15 is 0 Å². The maximum atomic E-state index is 12.7. The number of ketones is 1. The standard InChI is InChI=1S/C22H20N2O3/c1-15-6-3-7-17(12-15)14-24-11-5-10-20(22(24)27)21(26)23-19-9-4-8-18(13-19)16(2)25/h3-13H,14H2,1-2H3,(H,23,26). The Morgan fingerprint density at radius 2 is 1.78 bits per heavy atom. The van der Waals surface area contributed by atoms with Gasteiger partial charge in [-0.15, -0.1) is 0 Å². The zero-order valence-corrected chi connectivity index (χ0v) is 15.2. The van der Waals surface area contributed by atoms with Crippen LogP contribution in [0.4, 0.5) is 5.69 Å². The minimum absolute atomic E-state index is 0.0541. The quantitative estimate of drug-likeness (QED) is 0.706. The Hall–Kier alpha value is -3.47. The van der Waals surface area contributed by atoms with Crippen molar-refractivity contribution in [1.29, 1.82) is 0 Å². The number of nitrogens with one attached hydrogen (secondary N) is 1. The highest BCUT2D eigenvalue weighted by atomic mass is 16.2. The van der Waals surface area contributed by atoms with Crippen LogP contribution in [-0.4, -0.2) is 16.3 Å². The van der Waals surface area contributed by atoms with Crippen molar-refractivity contribution in [3.63, 3.8) is 0 Å². The summed E-state index contributed by atoms with van der Waals surface area (Å²) in [5, 5.41) is 2.69. The van der Waals surface area contributed by atoms with Crippen LogP contribution in [0.2, 0.25) is 0 Å². The number of amides is 1. The largest absolute Gasteiger partial charge is 0.322 e. The van der Waals surface area contributed by atoms with Crippen LogP contribution in [0.15, 0.2) is 71.7 Å². The van der Waals surface area contributed by atoms with Crippen molar-refractivity contribution >= 4 is 17.4 Å². The van der Waals surface area contributed by atoms with Gasteiger partial charge in [-0.05, 0) is 43.7 Å². The van der Waals surface area contributed by atoms with Crippen molar-refractivity contribution in [3.8, 4) is 0 Å². The van der Waals surface area contributed by atoms with Crippen LogP contribution in [0.5, 0.6) is 0 Å². The Bertz CT molecular complexity index is 1070. The number of aryl methyl sites for hydroxylation is 1. The minimum atomic E-state index is -0.501. The number of hydrogen-bond acceptors (Lipinski definition) is 3. The molecule has 1 aromatic heterocycles. The fourth-order valence-corrected chi connectivity index (χ4v) is 2.86. The SMILES string of the molecule is CC(=O)c1cccc(NC(=O)c2cccn(Cc3cccc(C)c3)c2=O)c1. The molecule has 0 aliphatic rings. The van der Waals surface area contributed by atoms with Crippen LogP contribution < -0.4 is 10.9 Å². The summed E-state index contributed by atoms with van der Waals surface area (Å²) in [4.78, 5) is 36.8. The van der Waals surface area contributed by atoms with E-state index in [-0.39, 0.29) is 16.9 Å². The summed E-state index contributed by atoms with van der Waals surface area (Å²) in [6.07, 6.45) is 1.66. The van der Waals surface area contributed by atoms with Gasteiger partial charge in [-0.1, -0.05) is 42.0 Å². The van der Waals surface area contributed by atoms with Crippen molar-refractivity contribution in [2.75, 3.05) is 5.32 Å². The Balaban J connectivity index is 1.84. The fraction of sp³-hybridized carbons (Fsp3) is 0.136. The number of nitrogens with zero attached hydrogens (tertiary/aromatic N) is 1. The van der Waals surface area contributed by atoms with Gasteiger partial charge in [0.05, 0.1) is 6.54 Å². The molecule has 3 rings (SSSR count). The molecule has 0 atom stereocenters. The third kappa shape index (κ3) is 4.39. The minimum Gasteiger partial charge on any atom is -0.322 e. The summed E-state index contributed by atoms with van der Waals surface area (Å²) in [6, 6.07) is 17.7. The number of pyridine rings is 1. The summed E-state index contributed by atoms with van der Waals surface area (Å²) in [5.41, 5.74) is 2.76. The first-order valence-corrected chi connectivity index (χ1v) is 8.61. The molecule has 5 nitrogen and oxygen atoms in total. The second-order valence-corrected chi connectivity index (χ2v) is 6.44. The average molecular weight is 360 g/mol. The second-order valence-electron chi connectivity index (χ2n) is 6.44. The van der Waals surface area contributed by atoms with Gasteiger partial charge in [-0.2, -0.15) is 0 Å². The molecule has 0 radical (unpaired) electrons. The second kappa shape index (κ2) is 7.83. The molecule has 0 unspecified atom stereocenters. The third-order valence-electron chi connectivity index (χ3n) is 4.23. The Kier molecular flexibility index (Phi) is 5.31. The molecule has 2 aromatic carbocycles. The van der Waals surface area contributed by atoms with Gasteiger partial charge in [-0.3, -0.25) is 14.4 Å². The Labute approximate surface area is 157 Å². The van der Waals surface area contributed by atoms with E-state index in [2.05, 4.69) is 5.32 Å². The first kappa shape index (κ1) is 18.3. The van der Waals surface area contributed by atoms with Crippen molar-refractivity contribution in [1.82, 2.24) is 4.57 Å². The highest BCUT2D eigenvalue weighted by molar-refractivity contribution is 6.04. The molecule has 0 saturated heterocycles. The molecule has 27 heavy (non-hydrogen) atoms. The summed E-state index contributed by atoms with van der Waals surface area (Å²) < 4.78 is 1.51. The molecule has 0 aliphatic carbocycles. The van der Waals surface area contributed by atoms with Crippen LogP contribution in [0.25, 0.3) is 0 Å². The van der Waals surface area contributed by atoms with E-state index in [1.807, 2.05) is 31.2 Å². The van der Waals surface area contributed by atoms with Gasteiger partial charge in [-0.25, -0.2) is 0 Å². The summed E-state index contributed by atoms with van der Waals surface area (Å²) >= 11 is 0. The van der Waals surface area contributed by atoms with Crippen LogP contribution in [0.1, 0.15) is 38.8 Å². The molecule has 3 aromatic rings. The van der Waals surface area contributed by atoms with Crippen LogP contribution in [-0.2, 0) is 6.54 Å². The Morgan fingerprint density at radius 3 is 2.52 bits per heavy atom. The number of benzene rings is 2. The van der Waals surface area contributed by atoms with Gasteiger partial charge in [0.15, 0.2) is 5.78 Å².